The highest BCUT2D eigenvalue weighted by molar-refractivity contribution is 7.09. The maximum absolute atomic E-state index is 12.9. The Hall–Kier alpha value is -1.30. The molecule has 1 heterocycles. The largest absolute Gasteiger partial charge is 0.395 e. The smallest absolute Gasteiger partial charge is 0.123 e. The van der Waals surface area contributed by atoms with Crippen LogP contribution < -0.4 is 0 Å². The molecule has 0 fully saturated rings. The van der Waals surface area contributed by atoms with Gasteiger partial charge in [0.2, 0.25) is 0 Å². The van der Waals surface area contributed by atoms with Crippen LogP contribution in [0.25, 0.3) is 0 Å². The molecule has 2 rings (SSSR count). The lowest BCUT2D eigenvalue weighted by molar-refractivity contribution is 0.116. The van der Waals surface area contributed by atoms with Crippen LogP contribution in [0.5, 0.6) is 0 Å². The van der Waals surface area contributed by atoms with E-state index in [2.05, 4.69) is 4.98 Å². The molecule has 3 nitrogen and oxygen atoms in total. The van der Waals surface area contributed by atoms with E-state index < -0.39 is 5.41 Å². The average Bonchev–Trinajstić information content (AvgIpc) is 2.90. The second kappa shape index (κ2) is 5.56. The molecule has 0 spiro atoms. The van der Waals surface area contributed by atoms with Gasteiger partial charge in [-0.05, 0) is 24.1 Å². The number of aromatic nitrogens is 1. The zero-order chi connectivity index (χ0) is 13.0. The first-order valence-electron chi connectivity index (χ1n) is 5.55. The molecular weight excluding hydrogens is 253 g/mol. The van der Waals surface area contributed by atoms with Crippen LogP contribution >= 0.6 is 11.3 Å². The third-order valence-corrected chi connectivity index (χ3v) is 3.84. The summed E-state index contributed by atoms with van der Waals surface area (Å²) in [5.74, 6) is -0.332. The molecule has 0 atom stereocenters. The van der Waals surface area contributed by atoms with Gasteiger partial charge < -0.3 is 10.2 Å². The van der Waals surface area contributed by atoms with Crippen LogP contribution in [0.2, 0.25) is 0 Å². The van der Waals surface area contributed by atoms with E-state index in [-0.39, 0.29) is 19.0 Å². The van der Waals surface area contributed by atoms with Crippen molar-refractivity contribution in [2.45, 2.75) is 11.8 Å². The Bertz CT molecular complexity index is 480. The van der Waals surface area contributed by atoms with Gasteiger partial charge in [-0.1, -0.05) is 12.1 Å². The second-order valence-corrected chi connectivity index (χ2v) is 5.22. The van der Waals surface area contributed by atoms with Gasteiger partial charge in [-0.2, -0.15) is 0 Å². The molecule has 0 radical (unpaired) electrons. The lowest BCUT2D eigenvalue weighted by Gasteiger charge is -2.29. The lowest BCUT2D eigenvalue weighted by Crippen LogP contribution is -2.37. The number of thiazole rings is 1. The molecule has 0 aliphatic carbocycles. The van der Waals surface area contributed by atoms with E-state index in [1.807, 2.05) is 0 Å². The normalized spacial score (nSPS) is 11.7. The molecule has 5 heteroatoms. The zero-order valence-electron chi connectivity index (χ0n) is 9.71. The first kappa shape index (κ1) is 13.1. The van der Waals surface area contributed by atoms with Crippen molar-refractivity contribution in [3.8, 4) is 0 Å². The highest BCUT2D eigenvalue weighted by atomic mass is 32.1. The van der Waals surface area contributed by atoms with Gasteiger partial charge in [-0.25, -0.2) is 4.39 Å². The van der Waals surface area contributed by atoms with Crippen molar-refractivity contribution in [3.63, 3.8) is 0 Å². The Kier molecular flexibility index (Phi) is 4.06. The molecule has 1 aromatic heterocycles. The summed E-state index contributed by atoms with van der Waals surface area (Å²) in [6, 6.07) is 5.87. The van der Waals surface area contributed by atoms with Crippen molar-refractivity contribution in [3.05, 3.63) is 52.2 Å². The summed E-state index contributed by atoms with van der Waals surface area (Å²) in [5, 5.41) is 19.3. The van der Waals surface area contributed by atoms with Gasteiger partial charge in [0, 0.05) is 16.5 Å². The second-order valence-electron chi connectivity index (χ2n) is 4.25. The van der Waals surface area contributed by atoms with Crippen LogP contribution in [0, 0.1) is 5.82 Å². The molecule has 0 aliphatic rings. The molecule has 18 heavy (non-hydrogen) atoms. The van der Waals surface area contributed by atoms with Crippen LogP contribution in [0.15, 0.2) is 36.0 Å². The van der Waals surface area contributed by atoms with E-state index >= 15 is 0 Å². The van der Waals surface area contributed by atoms with Gasteiger partial charge in [-0.3, -0.25) is 4.98 Å². The summed E-state index contributed by atoms with van der Waals surface area (Å²) >= 11 is 1.47. The third kappa shape index (κ3) is 2.58. The van der Waals surface area contributed by atoms with Crippen molar-refractivity contribution in [1.82, 2.24) is 4.98 Å². The molecule has 0 amide bonds. The van der Waals surface area contributed by atoms with Crippen molar-refractivity contribution in [1.29, 1.82) is 0 Å². The van der Waals surface area contributed by atoms with Gasteiger partial charge in [0.05, 0.1) is 18.7 Å². The van der Waals surface area contributed by atoms with Gasteiger partial charge in [0.15, 0.2) is 0 Å². The zero-order valence-corrected chi connectivity index (χ0v) is 10.5. The van der Waals surface area contributed by atoms with Gasteiger partial charge >= 0.3 is 0 Å². The summed E-state index contributed by atoms with van der Waals surface area (Å²) in [6.45, 7) is -0.403. The van der Waals surface area contributed by atoms with Crippen molar-refractivity contribution in [2.24, 2.45) is 0 Å². The fraction of sp³-hybridized carbons (Fsp3) is 0.308. The minimum Gasteiger partial charge on any atom is -0.395 e. The highest BCUT2D eigenvalue weighted by Gasteiger charge is 2.31. The number of rotatable bonds is 5. The van der Waals surface area contributed by atoms with E-state index in [9.17, 15) is 14.6 Å². The Balaban J connectivity index is 2.33. The van der Waals surface area contributed by atoms with Gasteiger partial charge in [0.1, 0.15) is 5.82 Å². The van der Waals surface area contributed by atoms with Gasteiger partial charge in [-0.15, -0.1) is 11.3 Å². The number of nitrogens with zero attached hydrogens (tertiary/aromatic N) is 1. The molecule has 0 saturated heterocycles. The number of aliphatic hydroxyl groups is 2. The first-order chi connectivity index (χ1) is 8.70. The quantitative estimate of drug-likeness (QED) is 0.867. The number of hydrogen-bond acceptors (Lipinski definition) is 4. The molecule has 0 saturated carbocycles. The number of benzene rings is 1. The van der Waals surface area contributed by atoms with Gasteiger partial charge in [0.25, 0.3) is 0 Å². The predicted molar refractivity (Wildman–Crippen MR) is 68.1 cm³/mol. The molecule has 96 valence electrons. The van der Waals surface area contributed by atoms with Crippen LogP contribution in [0.4, 0.5) is 4.39 Å². The Labute approximate surface area is 109 Å². The summed E-state index contributed by atoms with van der Waals surface area (Å²) in [5.41, 5.74) is 1.64. The van der Waals surface area contributed by atoms with E-state index in [1.54, 1.807) is 23.8 Å². The average molecular weight is 267 g/mol. The molecule has 0 bridgehead atoms. The maximum atomic E-state index is 12.9. The number of halogens is 1. The Morgan fingerprint density at radius 2 is 1.83 bits per heavy atom. The Morgan fingerprint density at radius 3 is 2.33 bits per heavy atom. The summed E-state index contributed by atoms with van der Waals surface area (Å²) in [6.07, 6.45) is 2.20. The molecule has 0 aliphatic heterocycles. The Morgan fingerprint density at radius 1 is 1.17 bits per heavy atom. The topological polar surface area (TPSA) is 53.4 Å². The monoisotopic (exact) mass is 267 g/mol. The molecular formula is C13H14FNO2S. The van der Waals surface area contributed by atoms with Crippen molar-refractivity contribution in [2.75, 3.05) is 13.2 Å². The predicted octanol–water partition coefficient (Wildman–Crippen LogP) is 1.75. The third-order valence-electron chi connectivity index (χ3n) is 3.06. The summed E-state index contributed by atoms with van der Waals surface area (Å²) in [4.78, 5) is 4.95. The summed E-state index contributed by atoms with van der Waals surface area (Å²) < 4.78 is 12.9. The molecule has 1 aromatic carbocycles. The van der Waals surface area contributed by atoms with E-state index in [0.717, 1.165) is 10.4 Å². The van der Waals surface area contributed by atoms with E-state index in [4.69, 9.17) is 0 Å². The van der Waals surface area contributed by atoms with Crippen LogP contribution in [0.1, 0.15) is 10.4 Å². The fourth-order valence-corrected chi connectivity index (χ4v) is 2.65. The van der Waals surface area contributed by atoms with Crippen LogP contribution in [0.3, 0.4) is 0 Å². The van der Waals surface area contributed by atoms with E-state index in [1.165, 1.54) is 23.5 Å². The standard InChI is InChI=1S/C13H14FNO2S/c14-11-3-1-10(2-4-11)13(7-16,8-17)5-12-6-15-9-18-12/h1-4,6,9,16-17H,5,7-8H2. The lowest BCUT2D eigenvalue weighted by atomic mass is 9.78. The van der Waals surface area contributed by atoms with Crippen molar-refractivity contribution >= 4 is 11.3 Å². The minimum atomic E-state index is -0.791. The number of aliphatic hydroxyl groups excluding tert-OH is 2. The maximum Gasteiger partial charge on any atom is 0.123 e. The van der Waals surface area contributed by atoms with Crippen molar-refractivity contribution < 1.29 is 14.6 Å². The number of hydrogen-bond donors (Lipinski definition) is 2. The molecule has 2 N–H and O–H groups in total. The molecule has 2 aromatic rings. The summed E-state index contributed by atoms with van der Waals surface area (Å²) in [7, 11) is 0. The highest BCUT2D eigenvalue weighted by Crippen LogP contribution is 2.29. The SMILES string of the molecule is OCC(CO)(Cc1cncs1)c1ccc(F)cc1. The first-order valence-corrected chi connectivity index (χ1v) is 6.43. The molecule has 0 unspecified atom stereocenters. The van der Waals surface area contributed by atoms with Crippen LogP contribution in [-0.4, -0.2) is 28.4 Å². The fourth-order valence-electron chi connectivity index (χ4n) is 1.91. The van der Waals surface area contributed by atoms with E-state index in [0.29, 0.717) is 6.42 Å². The minimum absolute atomic E-state index is 0.201. The van der Waals surface area contributed by atoms with Crippen LogP contribution in [-0.2, 0) is 11.8 Å².